The smallest absolute Gasteiger partial charge is 0.406 e. The first-order chi connectivity index (χ1) is 12.4. The quantitative estimate of drug-likeness (QED) is 0.716. The van der Waals surface area contributed by atoms with E-state index in [-0.39, 0.29) is 36.5 Å². The third kappa shape index (κ3) is 6.95. The van der Waals surface area contributed by atoms with E-state index in [0.29, 0.717) is 19.4 Å². The van der Waals surface area contributed by atoms with Gasteiger partial charge in [-0.25, -0.2) is 0 Å². The Kier molecular flexibility index (Phi) is 9.83. The molecule has 1 unspecified atom stereocenters. The van der Waals surface area contributed by atoms with Gasteiger partial charge in [0, 0.05) is 38.6 Å². The lowest BCUT2D eigenvalue weighted by Crippen LogP contribution is -2.49. The topological polar surface area (TPSA) is 44.7 Å². The maximum absolute atomic E-state index is 12.6. The highest BCUT2D eigenvalue weighted by atomic mass is 35.5. The number of aliphatic hydroxyl groups is 1. The molecule has 1 aromatic carbocycles. The molecule has 0 spiro atoms. The summed E-state index contributed by atoms with van der Waals surface area (Å²) in [6.07, 6.45) is -0.336. The van der Waals surface area contributed by atoms with Gasteiger partial charge < -0.3 is 20.1 Å². The molecular formula is C19H29Cl2F3N2O2. The van der Waals surface area contributed by atoms with Gasteiger partial charge in [-0.15, -0.1) is 38.0 Å². The van der Waals surface area contributed by atoms with Gasteiger partial charge in [-0.05, 0) is 30.5 Å². The first kappa shape index (κ1) is 25.3. The van der Waals surface area contributed by atoms with Gasteiger partial charge in [-0.3, -0.25) is 0 Å². The van der Waals surface area contributed by atoms with Crippen LogP contribution < -0.4 is 10.1 Å². The summed E-state index contributed by atoms with van der Waals surface area (Å²) in [6.45, 7) is 4.19. The number of alkyl halides is 3. The van der Waals surface area contributed by atoms with E-state index in [9.17, 15) is 18.3 Å². The summed E-state index contributed by atoms with van der Waals surface area (Å²) in [5.74, 6) is -0.447. The van der Waals surface area contributed by atoms with Crippen molar-refractivity contribution in [3.05, 3.63) is 29.8 Å². The van der Waals surface area contributed by atoms with Crippen LogP contribution in [0.4, 0.5) is 13.2 Å². The average molecular weight is 445 g/mol. The fraction of sp³-hybridized carbons (Fsp3) is 0.684. The second-order valence-electron chi connectivity index (χ2n) is 7.39. The Balaban J connectivity index is 0.00000196. The van der Waals surface area contributed by atoms with Gasteiger partial charge in [0.2, 0.25) is 0 Å². The maximum Gasteiger partial charge on any atom is 0.573 e. The minimum absolute atomic E-state index is 0. The van der Waals surface area contributed by atoms with E-state index < -0.39 is 12.0 Å². The molecule has 1 aliphatic carbocycles. The van der Waals surface area contributed by atoms with Gasteiger partial charge in [0.25, 0.3) is 0 Å². The molecule has 9 heteroatoms. The van der Waals surface area contributed by atoms with E-state index in [4.69, 9.17) is 0 Å². The molecule has 0 radical (unpaired) electrons. The molecule has 0 bridgehead atoms. The van der Waals surface area contributed by atoms with Gasteiger partial charge in [0.1, 0.15) is 5.75 Å². The lowest BCUT2D eigenvalue weighted by atomic mass is 9.72. The Labute approximate surface area is 176 Å². The normalized spacial score (nSPS) is 21.1. The molecule has 2 aliphatic rings. The number of piperazine rings is 1. The zero-order valence-electron chi connectivity index (χ0n) is 15.7. The minimum Gasteiger partial charge on any atom is -0.406 e. The van der Waals surface area contributed by atoms with Crippen LogP contribution in [0, 0.1) is 0 Å². The molecule has 28 heavy (non-hydrogen) atoms. The molecule has 1 aliphatic heterocycles. The molecule has 4 nitrogen and oxygen atoms in total. The second kappa shape index (κ2) is 10.9. The van der Waals surface area contributed by atoms with Gasteiger partial charge in [-0.2, -0.15) is 0 Å². The van der Waals surface area contributed by atoms with Crippen LogP contribution in [0.25, 0.3) is 0 Å². The van der Waals surface area contributed by atoms with E-state index in [1.807, 2.05) is 6.07 Å². The number of hydrogen-bond donors (Lipinski definition) is 2. The average Bonchev–Trinajstić information content (AvgIpc) is 2.60. The van der Waals surface area contributed by atoms with Gasteiger partial charge in [0.15, 0.2) is 0 Å². The standard InChI is InChI=1S/C19H27F3N2O2.2ClH/c20-19(21,22)26-16-6-4-5-15(13-16)17(14-24-11-9-23-10-12-24)18(25)7-2-1-3-8-18;;/h4-6,13,17,23,25H,1-3,7-12,14H2;2*1H. The molecule has 1 saturated carbocycles. The van der Waals surface area contributed by atoms with Crippen LogP contribution in [0.15, 0.2) is 24.3 Å². The van der Waals surface area contributed by atoms with Crippen molar-refractivity contribution < 1.29 is 23.0 Å². The van der Waals surface area contributed by atoms with Crippen molar-refractivity contribution in [1.82, 2.24) is 10.2 Å². The Morgan fingerprint density at radius 2 is 1.75 bits per heavy atom. The van der Waals surface area contributed by atoms with Crippen LogP contribution in [-0.2, 0) is 0 Å². The summed E-state index contributed by atoms with van der Waals surface area (Å²) in [6, 6.07) is 6.13. The summed E-state index contributed by atoms with van der Waals surface area (Å²) < 4.78 is 41.9. The summed E-state index contributed by atoms with van der Waals surface area (Å²) in [4.78, 5) is 2.28. The third-order valence-electron chi connectivity index (χ3n) is 5.51. The number of benzene rings is 1. The van der Waals surface area contributed by atoms with Gasteiger partial charge >= 0.3 is 6.36 Å². The predicted molar refractivity (Wildman–Crippen MR) is 108 cm³/mol. The van der Waals surface area contributed by atoms with Crippen molar-refractivity contribution in [3.8, 4) is 5.75 Å². The highest BCUT2D eigenvalue weighted by molar-refractivity contribution is 5.85. The lowest BCUT2D eigenvalue weighted by molar-refractivity contribution is -0.274. The molecule has 0 amide bonds. The Morgan fingerprint density at radius 3 is 2.36 bits per heavy atom. The molecule has 2 fully saturated rings. The molecule has 0 aromatic heterocycles. The second-order valence-corrected chi connectivity index (χ2v) is 7.39. The molecule has 1 atom stereocenters. The monoisotopic (exact) mass is 444 g/mol. The Bertz CT molecular complexity index is 593. The Hall–Kier alpha value is -0.730. The molecule has 162 valence electrons. The molecule has 1 saturated heterocycles. The predicted octanol–water partition coefficient (Wildman–Crippen LogP) is 4.11. The van der Waals surface area contributed by atoms with Crippen molar-refractivity contribution in [2.75, 3.05) is 32.7 Å². The van der Waals surface area contributed by atoms with E-state index >= 15 is 0 Å². The molecule has 1 heterocycles. The number of halogens is 5. The highest BCUT2D eigenvalue weighted by Gasteiger charge is 2.40. The van der Waals surface area contributed by atoms with E-state index in [1.54, 1.807) is 6.07 Å². The zero-order valence-corrected chi connectivity index (χ0v) is 17.3. The van der Waals surface area contributed by atoms with Crippen molar-refractivity contribution in [1.29, 1.82) is 0 Å². The fourth-order valence-corrected chi connectivity index (χ4v) is 4.18. The molecule has 3 rings (SSSR count). The van der Waals surface area contributed by atoms with Crippen LogP contribution in [0.1, 0.15) is 43.6 Å². The van der Waals surface area contributed by atoms with Crippen molar-refractivity contribution in [3.63, 3.8) is 0 Å². The highest BCUT2D eigenvalue weighted by Crippen LogP contribution is 2.41. The van der Waals surface area contributed by atoms with Crippen LogP contribution in [0.5, 0.6) is 5.75 Å². The summed E-state index contributed by atoms with van der Waals surface area (Å²) in [5, 5.41) is 14.6. The van der Waals surface area contributed by atoms with Crippen molar-refractivity contribution >= 4 is 24.8 Å². The first-order valence-electron chi connectivity index (χ1n) is 9.37. The number of nitrogens with one attached hydrogen (secondary N) is 1. The summed E-state index contributed by atoms with van der Waals surface area (Å²) >= 11 is 0. The molecular weight excluding hydrogens is 416 g/mol. The van der Waals surface area contributed by atoms with Crippen LogP contribution in [0.2, 0.25) is 0 Å². The third-order valence-corrected chi connectivity index (χ3v) is 5.51. The van der Waals surface area contributed by atoms with E-state index in [0.717, 1.165) is 51.0 Å². The SMILES string of the molecule is Cl.Cl.OC1(C(CN2CCNCC2)c2cccc(OC(F)(F)F)c2)CCCCC1. The van der Waals surface area contributed by atoms with Crippen molar-refractivity contribution in [2.24, 2.45) is 0 Å². The maximum atomic E-state index is 12.6. The van der Waals surface area contributed by atoms with Crippen LogP contribution >= 0.6 is 24.8 Å². The fourth-order valence-electron chi connectivity index (χ4n) is 4.18. The number of ether oxygens (including phenoxy) is 1. The van der Waals surface area contributed by atoms with Gasteiger partial charge in [0.05, 0.1) is 5.60 Å². The lowest BCUT2D eigenvalue weighted by Gasteiger charge is -2.42. The van der Waals surface area contributed by atoms with Gasteiger partial charge in [-0.1, -0.05) is 31.4 Å². The zero-order chi connectivity index (χ0) is 18.6. The number of rotatable bonds is 5. The molecule has 2 N–H and O–H groups in total. The van der Waals surface area contributed by atoms with Crippen LogP contribution in [-0.4, -0.2) is 54.7 Å². The molecule has 1 aromatic rings. The first-order valence-corrected chi connectivity index (χ1v) is 9.37. The minimum atomic E-state index is -4.71. The Morgan fingerprint density at radius 1 is 1.11 bits per heavy atom. The van der Waals surface area contributed by atoms with E-state index in [1.165, 1.54) is 12.1 Å². The van der Waals surface area contributed by atoms with E-state index in [2.05, 4.69) is 15.0 Å². The largest absolute Gasteiger partial charge is 0.573 e. The van der Waals surface area contributed by atoms with Crippen molar-refractivity contribution in [2.45, 2.75) is 50.0 Å². The number of nitrogens with zero attached hydrogens (tertiary/aromatic N) is 1. The number of hydrogen-bond acceptors (Lipinski definition) is 4. The summed E-state index contributed by atoms with van der Waals surface area (Å²) in [7, 11) is 0. The van der Waals surface area contributed by atoms with Crippen LogP contribution in [0.3, 0.4) is 0 Å². The summed E-state index contributed by atoms with van der Waals surface area (Å²) in [5.41, 5.74) is -0.158.